The summed E-state index contributed by atoms with van der Waals surface area (Å²) in [6, 6.07) is 0. The van der Waals surface area contributed by atoms with E-state index in [1.807, 2.05) is 0 Å². The number of hydrogen-bond acceptors (Lipinski definition) is 3. The van der Waals surface area contributed by atoms with Crippen LogP contribution < -0.4 is 0 Å². The van der Waals surface area contributed by atoms with E-state index in [1.165, 1.54) is 0 Å². The SMILES string of the molecule is CC1COC2(C1)OCCO2. The Bertz CT molecular complexity index is 129. The van der Waals surface area contributed by atoms with Gasteiger partial charge in [-0.15, -0.1) is 0 Å². The van der Waals surface area contributed by atoms with Crippen molar-refractivity contribution in [1.82, 2.24) is 0 Å². The molecule has 10 heavy (non-hydrogen) atoms. The molecule has 2 aliphatic rings. The van der Waals surface area contributed by atoms with Gasteiger partial charge >= 0.3 is 0 Å². The molecule has 2 heterocycles. The second-order valence-corrected chi connectivity index (χ2v) is 3.00. The molecular weight excluding hydrogens is 132 g/mol. The lowest BCUT2D eigenvalue weighted by atomic mass is 10.1. The molecule has 0 aromatic heterocycles. The van der Waals surface area contributed by atoms with Crippen molar-refractivity contribution in [1.29, 1.82) is 0 Å². The smallest absolute Gasteiger partial charge is 0.283 e. The van der Waals surface area contributed by atoms with Gasteiger partial charge in [0.25, 0.3) is 5.97 Å². The van der Waals surface area contributed by atoms with Crippen LogP contribution in [0.1, 0.15) is 13.3 Å². The standard InChI is InChI=1S/C7H12O3/c1-6-4-7(10-5-6)8-2-3-9-7/h6H,2-5H2,1H3. The number of ether oxygens (including phenoxy) is 3. The van der Waals surface area contributed by atoms with Crippen LogP contribution in [0, 0.1) is 5.92 Å². The highest BCUT2D eigenvalue weighted by atomic mass is 16.9. The maximum absolute atomic E-state index is 5.37. The second-order valence-electron chi connectivity index (χ2n) is 3.00. The van der Waals surface area contributed by atoms with E-state index < -0.39 is 5.97 Å². The lowest BCUT2D eigenvalue weighted by molar-refractivity contribution is -0.307. The van der Waals surface area contributed by atoms with E-state index in [2.05, 4.69) is 6.92 Å². The van der Waals surface area contributed by atoms with E-state index in [9.17, 15) is 0 Å². The summed E-state index contributed by atoms with van der Waals surface area (Å²) < 4.78 is 16.0. The second kappa shape index (κ2) is 2.19. The van der Waals surface area contributed by atoms with Crippen molar-refractivity contribution in [3.8, 4) is 0 Å². The molecule has 58 valence electrons. The molecule has 0 saturated carbocycles. The third-order valence-electron chi connectivity index (χ3n) is 1.91. The molecular formula is C7H12O3. The Morgan fingerprint density at radius 3 is 2.40 bits per heavy atom. The molecule has 2 rings (SSSR count). The van der Waals surface area contributed by atoms with Crippen LogP contribution in [0.2, 0.25) is 0 Å². The minimum atomic E-state index is -0.639. The highest BCUT2D eigenvalue weighted by Crippen LogP contribution is 2.34. The van der Waals surface area contributed by atoms with Crippen molar-refractivity contribution >= 4 is 0 Å². The van der Waals surface area contributed by atoms with Crippen molar-refractivity contribution < 1.29 is 14.2 Å². The van der Waals surface area contributed by atoms with Gasteiger partial charge in [-0.3, -0.25) is 0 Å². The topological polar surface area (TPSA) is 27.7 Å². The molecule has 0 radical (unpaired) electrons. The normalized spacial score (nSPS) is 37.5. The van der Waals surface area contributed by atoms with Gasteiger partial charge in [0.05, 0.1) is 19.8 Å². The summed E-state index contributed by atoms with van der Waals surface area (Å²) in [5.74, 6) is -0.0718. The Morgan fingerprint density at radius 1 is 1.20 bits per heavy atom. The Kier molecular flexibility index (Phi) is 1.44. The third-order valence-corrected chi connectivity index (χ3v) is 1.91. The fourth-order valence-electron chi connectivity index (χ4n) is 1.45. The number of rotatable bonds is 0. The van der Waals surface area contributed by atoms with Crippen LogP contribution >= 0.6 is 0 Å². The average molecular weight is 144 g/mol. The van der Waals surface area contributed by atoms with Gasteiger partial charge in [-0.05, 0) is 5.92 Å². The van der Waals surface area contributed by atoms with E-state index in [0.29, 0.717) is 19.1 Å². The fourth-order valence-corrected chi connectivity index (χ4v) is 1.45. The van der Waals surface area contributed by atoms with Gasteiger partial charge in [0.1, 0.15) is 0 Å². The summed E-state index contributed by atoms with van der Waals surface area (Å²) in [6.45, 7) is 4.25. The van der Waals surface area contributed by atoms with E-state index in [4.69, 9.17) is 14.2 Å². The maximum Gasteiger partial charge on any atom is 0.283 e. The Hall–Kier alpha value is -0.120. The highest BCUT2D eigenvalue weighted by Gasteiger charge is 2.44. The Morgan fingerprint density at radius 2 is 1.90 bits per heavy atom. The lowest BCUT2D eigenvalue weighted by Crippen LogP contribution is -2.28. The van der Waals surface area contributed by atoms with Crippen molar-refractivity contribution in [3.05, 3.63) is 0 Å². The summed E-state index contributed by atoms with van der Waals surface area (Å²) in [6.07, 6.45) is 0.882. The van der Waals surface area contributed by atoms with Gasteiger partial charge in [-0.2, -0.15) is 0 Å². The minimum Gasteiger partial charge on any atom is -0.327 e. The summed E-state index contributed by atoms with van der Waals surface area (Å²) in [5.41, 5.74) is 0. The van der Waals surface area contributed by atoms with Crippen LogP contribution in [0.4, 0.5) is 0 Å². The molecule has 3 nitrogen and oxygen atoms in total. The van der Waals surface area contributed by atoms with Crippen LogP contribution in [0.3, 0.4) is 0 Å². The van der Waals surface area contributed by atoms with Crippen molar-refractivity contribution in [2.24, 2.45) is 5.92 Å². The zero-order valence-corrected chi connectivity index (χ0v) is 6.13. The van der Waals surface area contributed by atoms with E-state index in [-0.39, 0.29) is 0 Å². The molecule has 0 N–H and O–H groups in total. The first kappa shape index (κ1) is 6.58. The summed E-state index contributed by atoms with van der Waals surface area (Å²) >= 11 is 0. The molecule has 1 spiro atoms. The van der Waals surface area contributed by atoms with Crippen LogP contribution in [0.5, 0.6) is 0 Å². The molecule has 0 amide bonds. The van der Waals surface area contributed by atoms with Gasteiger partial charge in [-0.25, -0.2) is 0 Å². The van der Waals surface area contributed by atoms with Crippen molar-refractivity contribution in [2.75, 3.05) is 19.8 Å². The molecule has 0 aromatic rings. The predicted octanol–water partition coefficient (Wildman–Crippen LogP) is 0.743. The molecule has 0 aromatic carbocycles. The first-order chi connectivity index (χ1) is 4.81. The fraction of sp³-hybridized carbons (Fsp3) is 1.00. The quantitative estimate of drug-likeness (QED) is 0.502. The van der Waals surface area contributed by atoms with E-state index in [1.54, 1.807) is 0 Å². The monoisotopic (exact) mass is 144 g/mol. The maximum atomic E-state index is 5.37. The Labute approximate surface area is 60.3 Å². The third kappa shape index (κ3) is 0.944. The van der Waals surface area contributed by atoms with Gasteiger partial charge in [-0.1, -0.05) is 6.92 Å². The molecule has 1 unspecified atom stereocenters. The van der Waals surface area contributed by atoms with E-state index in [0.717, 1.165) is 13.0 Å². The lowest BCUT2D eigenvalue weighted by Gasteiger charge is -2.19. The molecule has 2 aliphatic heterocycles. The van der Waals surface area contributed by atoms with Crippen LogP contribution in [0.15, 0.2) is 0 Å². The van der Waals surface area contributed by atoms with Gasteiger partial charge in [0.2, 0.25) is 0 Å². The van der Waals surface area contributed by atoms with Crippen LogP contribution in [0.25, 0.3) is 0 Å². The zero-order valence-electron chi connectivity index (χ0n) is 6.13. The Balaban J connectivity index is 2.03. The van der Waals surface area contributed by atoms with Gasteiger partial charge in [0.15, 0.2) is 0 Å². The van der Waals surface area contributed by atoms with Gasteiger partial charge < -0.3 is 14.2 Å². The first-order valence-corrected chi connectivity index (χ1v) is 3.73. The number of hydrogen-bond donors (Lipinski definition) is 0. The van der Waals surface area contributed by atoms with Gasteiger partial charge in [0, 0.05) is 6.42 Å². The van der Waals surface area contributed by atoms with Crippen molar-refractivity contribution in [2.45, 2.75) is 19.3 Å². The van der Waals surface area contributed by atoms with Crippen LogP contribution in [-0.2, 0) is 14.2 Å². The molecule has 0 aliphatic carbocycles. The van der Waals surface area contributed by atoms with Crippen LogP contribution in [-0.4, -0.2) is 25.8 Å². The predicted molar refractivity (Wildman–Crippen MR) is 34.4 cm³/mol. The zero-order chi connectivity index (χ0) is 7.03. The summed E-state index contributed by atoms with van der Waals surface area (Å²) in [5, 5.41) is 0. The molecule has 3 heteroatoms. The molecule has 0 bridgehead atoms. The van der Waals surface area contributed by atoms with E-state index >= 15 is 0 Å². The average Bonchev–Trinajstić information content (AvgIpc) is 2.46. The summed E-state index contributed by atoms with van der Waals surface area (Å²) in [7, 11) is 0. The highest BCUT2D eigenvalue weighted by molar-refractivity contribution is 4.73. The molecule has 2 fully saturated rings. The summed E-state index contributed by atoms with van der Waals surface area (Å²) in [4.78, 5) is 0. The minimum absolute atomic E-state index is 0.568. The molecule has 1 atom stereocenters. The van der Waals surface area contributed by atoms with Crippen molar-refractivity contribution in [3.63, 3.8) is 0 Å². The largest absolute Gasteiger partial charge is 0.327 e. The molecule has 2 saturated heterocycles. The first-order valence-electron chi connectivity index (χ1n) is 3.73.